The number of unbranched alkanes of at least 4 members (excludes halogenated alkanes) is 2. The molecule has 0 aliphatic heterocycles. The number of nitrogens with one attached hydrogen (secondary N) is 2. The second-order valence-corrected chi connectivity index (χ2v) is 5.44. The Morgan fingerprint density at radius 3 is 2.64 bits per heavy atom. The van der Waals surface area contributed by atoms with Crippen LogP contribution in [0.3, 0.4) is 0 Å². The van der Waals surface area contributed by atoms with E-state index in [1.165, 1.54) is 0 Å². The lowest BCUT2D eigenvalue weighted by atomic mass is 10.0. The Morgan fingerprint density at radius 1 is 1.27 bits per heavy atom. The van der Waals surface area contributed by atoms with Crippen molar-refractivity contribution in [3.63, 3.8) is 0 Å². The molecule has 4 N–H and O–H groups in total. The number of esters is 1. The van der Waals surface area contributed by atoms with Gasteiger partial charge in [-0.05, 0) is 18.4 Å². The van der Waals surface area contributed by atoms with Crippen LogP contribution in [0.5, 0.6) is 0 Å². The number of ether oxygens (including phenoxy) is 1. The highest BCUT2D eigenvalue weighted by Crippen LogP contribution is 2.10. The van der Waals surface area contributed by atoms with Crippen molar-refractivity contribution in [1.29, 1.82) is 5.41 Å². The van der Waals surface area contributed by atoms with Gasteiger partial charge in [0.15, 0.2) is 5.96 Å². The summed E-state index contributed by atoms with van der Waals surface area (Å²) in [5, 5.41) is 10.3. The molecule has 1 aromatic carbocycles. The molecule has 1 unspecified atom stereocenters. The molecule has 0 aliphatic rings. The number of carbonyl (C=O) groups excluding carboxylic acids is 1. The molecule has 5 heteroatoms. The summed E-state index contributed by atoms with van der Waals surface area (Å²) in [6.07, 6.45) is 5.25. The molecule has 0 saturated carbocycles. The molecule has 5 nitrogen and oxygen atoms in total. The van der Waals surface area contributed by atoms with E-state index in [0.717, 1.165) is 31.2 Å². The predicted octanol–water partition coefficient (Wildman–Crippen LogP) is 2.94. The zero-order valence-corrected chi connectivity index (χ0v) is 13.3. The number of hydrogen-bond acceptors (Lipinski definition) is 3. The molecule has 1 rings (SSSR count). The molecule has 0 fully saturated rings. The van der Waals surface area contributed by atoms with E-state index in [1.807, 2.05) is 30.3 Å². The first-order chi connectivity index (χ1) is 10.6. The highest BCUT2D eigenvalue weighted by Gasteiger charge is 2.12. The monoisotopic (exact) mass is 305 g/mol. The SMILES string of the molecule is CCCCCC(CCC(=O)OCc1ccccc1)NC(=N)N. The summed E-state index contributed by atoms with van der Waals surface area (Å²) in [6.45, 7) is 2.45. The summed E-state index contributed by atoms with van der Waals surface area (Å²) < 4.78 is 5.26. The van der Waals surface area contributed by atoms with Crippen LogP contribution in [0.2, 0.25) is 0 Å². The Hall–Kier alpha value is -2.04. The molecule has 0 spiro atoms. The highest BCUT2D eigenvalue weighted by atomic mass is 16.5. The predicted molar refractivity (Wildman–Crippen MR) is 88.5 cm³/mol. The summed E-state index contributed by atoms with van der Waals surface area (Å²) in [6, 6.07) is 9.69. The van der Waals surface area contributed by atoms with Crippen molar-refractivity contribution in [2.75, 3.05) is 0 Å². The van der Waals surface area contributed by atoms with Crippen LogP contribution in [0.1, 0.15) is 51.0 Å². The van der Waals surface area contributed by atoms with Gasteiger partial charge in [0.25, 0.3) is 0 Å². The molecule has 1 atom stereocenters. The Bertz CT molecular complexity index is 448. The van der Waals surface area contributed by atoms with E-state index in [1.54, 1.807) is 0 Å². The molecular formula is C17H27N3O2. The Kier molecular flexibility index (Phi) is 8.72. The maximum atomic E-state index is 11.8. The molecule has 0 radical (unpaired) electrons. The quantitative estimate of drug-likeness (QED) is 0.268. The molecule has 0 bridgehead atoms. The van der Waals surface area contributed by atoms with Gasteiger partial charge in [-0.1, -0.05) is 56.5 Å². The standard InChI is InChI=1S/C17H27N3O2/c1-2-3-5-10-15(20-17(18)19)11-12-16(21)22-13-14-8-6-4-7-9-14/h4,6-9,15H,2-3,5,10-13H2,1H3,(H4,18,19,20). The number of guanidine groups is 1. The van der Waals surface area contributed by atoms with Crippen molar-refractivity contribution in [2.45, 2.75) is 58.1 Å². The van der Waals surface area contributed by atoms with Crippen molar-refractivity contribution in [3.8, 4) is 0 Å². The van der Waals surface area contributed by atoms with E-state index >= 15 is 0 Å². The molecule has 0 aromatic heterocycles. The van der Waals surface area contributed by atoms with Gasteiger partial charge in [-0.25, -0.2) is 0 Å². The van der Waals surface area contributed by atoms with Gasteiger partial charge in [-0.2, -0.15) is 0 Å². The van der Waals surface area contributed by atoms with E-state index in [4.69, 9.17) is 15.9 Å². The van der Waals surface area contributed by atoms with Gasteiger partial charge < -0.3 is 15.8 Å². The fourth-order valence-corrected chi connectivity index (χ4v) is 2.25. The maximum absolute atomic E-state index is 11.8. The molecular weight excluding hydrogens is 278 g/mol. The molecule has 0 heterocycles. The molecule has 0 saturated heterocycles. The van der Waals surface area contributed by atoms with Crippen molar-refractivity contribution < 1.29 is 9.53 Å². The third-order valence-electron chi connectivity index (χ3n) is 3.46. The topological polar surface area (TPSA) is 88.2 Å². The summed E-state index contributed by atoms with van der Waals surface area (Å²) in [5.41, 5.74) is 6.38. The van der Waals surface area contributed by atoms with Gasteiger partial charge in [-0.15, -0.1) is 0 Å². The second kappa shape index (κ2) is 10.7. The first kappa shape index (κ1) is 18.0. The van der Waals surface area contributed by atoms with Crippen LogP contribution in [0.15, 0.2) is 30.3 Å². The third-order valence-corrected chi connectivity index (χ3v) is 3.46. The number of rotatable bonds is 10. The minimum Gasteiger partial charge on any atom is -0.461 e. The Labute approximate surface area is 132 Å². The Balaban J connectivity index is 2.29. The van der Waals surface area contributed by atoms with Crippen molar-refractivity contribution in [3.05, 3.63) is 35.9 Å². The third kappa shape index (κ3) is 8.29. The van der Waals surface area contributed by atoms with E-state index in [0.29, 0.717) is 19.4 Å². The summed E-state index contributed by atoms with van der Waals surface area (Å²) >= 11 is 0. The number of benzene rings is 1. The normalized spacial score (nSPS) is 11.7. The van der Waals surface area contributed by atoms with Gasteiger partial charge in [0.2, 0.25) is 0 Å². The number of hydrogen-bond donors (Lipinski definition) is 3. The van der Waals surface area contributed by atoms with Gasteiger partial charge in [0.05, 0.1) is 0 Å². The smallest absolute Gasteiger partial charge is 0.306 e. The van der Waals surface area contributed by atoms with Crippen molar-refractivity contribution in [1.82, 2.24) is 5.32 Å². The fraction of sp³-hybridized carbons (Fsp3) is 0.529. The largest absolute Gasteiger partial charge is 0.461 e. The molecule has 22 heavy (non-hydrogen) atoms. The maximum Gasteiger partial charge on any atom is 0.306 e. The van der Waals surface area contributed by atoms with Gasteiger partial charge in [-0.3, -0.25) is 10.2 Å². The number of nitrogens with two attached hydrogens (primary N) is 1. The first-order valence-corrected chi connectivity index (χ1v) is 7.92. The fourth-order valence-electron chi connectivity index (χ4n) is 2.25. The molecule has 1 aromatic rings. The van der Waals surface area contributed by atoms with Gasteiger partial charge >= 0.3 is 5.97 Å². The zero-order valence-electron chi connectivity index (χ0n) is 13.3. The van der Waals surface area contributed by atoms with Crippen LogP contribution in [0.4, 0.5) is 0 Å². The lowest BCUT2D eigenvalue weighted by molar-refractivity contribution is -0.145. The summed E-state index contributed by atoms with van der Waals surface area (Å²) in [7, 11) is 0. The lowest BCUT2D eigenvalue weighted by Gasteiger charge is -2.18. The van der Waals surface area contributed by atoms with Crippen molar-refractivity contribution in [2.24, 2.45) is 5.73 Å². The van der Waals surface area contributed by atoms with Crippen LogP contribution in [-0.2, 0) is 16.1 Å². The molecule has 122 valence electrons. The average molecular weight is 305 g/mol. The summed E-state index contributed by atoms with van der Waals surface area (Å²) in [4.78, 5) is 11.8. The Morgan fingerprint density at radius 2 is 2.00 bits per heavy atom. The molecule has 0 amide bonds. The zero-order chi connectivity index (χ0) is 16.2. The van der Waals surface area contributed by atoms with Crippen LogP contribution >= 0.6 is 0 Å². The number of carbonyl (C=O) groups is 1. The minimum absolute atomic E-state index is 0.0425. The van der Waals surface area contributed by atoms with Crippen LogP contribution in [0, 0.1) is 5.41 Å². The van der Waals surface area contributed by atoms with Gasteiger partial charge in [0.1, 0.15) is 6.61 Å². The lowest BCUT2D eigenvalue weighted by Crippen LogP contribution is -2.39. The van der Waals surface area contributed by atoms with Crippen LogP contribution in [0.25, 0.3) is 0 Å². The van der Waals surface area contributed by atoms with E-state index in [2.05, 4.69) is 12.2 Å². The van der Waals surface area contributed by atoms with Crippen LogP contribution in [-0.4, -0.2) is 18.0 Å². The van der Waals surface area contributed by atoms with E-state index < -0.39 is 0 Å². The van der Waals surface area contributed by atoms with E-state index in [9.17, 15) is 4.79 Å². The second-order valence-electron chi connectivity index (χ2n) is 5.44. The van der Waals surface area contributed by atoms with E-state index in [-0.39, 0.29) is 18.0 Å². The van der Waals surface area contributed by atoms with Crippen molar-refractivity contribution >= 4 is 11.9 Å². The van der Waals surface area contributed by atoms with Crippen LogP contribution < -0.4 is 11.1 Å². The minimum atomic E-state index is -0.213. The summed E-state index contributed by atoms with van der Waals surface area (Å²) in [5.74, 6) is -0.256. The highest BCUT2D eigenvalue weighted by molar-refractivity contribution is 5.74. The average Bonchev–Trinajstić information content (AvgIpc) is 2.51. The molecule has 0 aliphatic carbocycles. The van der Waals surface area contributed by atoms with Gasteiger partial charge in [0, 0.05) is 12.5 Å². The first-order valence-electron chi connectivity index (χ1n) is 7.92.